The number of hydrogen-bond donors (Lipinski definition) is 1. The Morgan fingerprint density at radius 3 is 2.54 bits per heavy atom. The van der Waals surface area contributed by atoms with Crippen molar-refractivity contribution in [3.05, 3.63) is 54.1 Å². The fourth-order valence-corrected chi connectivity index (χ4v) is 3.16. The van der Waals surface area contributed by atoms with E-state index in [1.807, 2.05) is 37.3 Å². The lowest BCUT2D eigenvalue weighted by molar-refractivity contribution is -0.130. The Hall–Kier alpha value is -3.06. The van der Waals surface area contributed by atoms with Crippen molar-refractivity contribution >= 4 is 17.3 Å². The minimum Gasteiger partial charge on any atom is -0.485 e. The highest BCUT2D eigenvalue weighted by atomic mass is 16.6. The second-order valence-electron chi connectivity index (χ2n) is 6.68. The van der Waals surface area contributed by atoms with Crippen LogP contribution in [0.3, 0.4) is 0 Å². The first-order chi connectivity index (χ1) is 13.7. The first-order valence-corrected chi connectivity index (χ1v) is 9.36. The van der Waals surface area contributed by atoms with Crippen molar-refractivity contribution in [2.75, 3.05) is 37.8 Å². The average Bonchev–Trinajstić information content (AvgIpc) is 2.77. The van der Waals surface area contributed by atoms with Gasteiger partial charge in [0, 0.05) is 18.8 Å². The van der Waals surface area contributed by atoms with E-state index in [9.17, 15) is 4.79 Å². The number of morpholine rings is 1. The number of nitrogens with zero attached hydrogens (tertiary/aromatic N) is 2. The van der Waals surface area contributed by atoms with Gasteiger partial charge in [-0.25, -0.2) is 5.43 Å². The van der Waals surface area contributed by atoms with Gasteiger partial charge in [-0.2, -0.15) is 5.10 Å². The Morgan fingerprint density at radius 2 is 1.79 bits per heavy atom. The molecule has 2 aromatic rings. The number of nitrogens with one attached hydrogen (secondary N) is 1. The van der Waals surface area contributed by atoms with Crippen molar-refractivity contribution in [3.63, 3.8) is 0 Å². The smallest absolute Gasteiger partial charge is 0.284 e. The molecule has 1 atom stereocenters. The molecule has 7 nitrogen and oxygen atoms in total. The monoisotopic (exact) mass is 381 g/mol. The van der Waals surface area contributed by atoms with E-state index in [1.165, 1.54) is 0 Å². The molecule has 0 aromatic heterocycles. The largest absolute Gasteiger partial charge is 0.485 e. The number of ether oxygens (including phenoxy) is 3. The molecule has 28 heavy (non-hydrogen) atoms. The first-order valence-electron chi connectivity index (χ1n) is 9.36. The summed E-state index contributed by atoms with van der Waals surface area (Å²) >= 11 is 0. The number of para-hydroxylation sites is 2. The Labute approximate surface area is 163 Å². The molecule has 4 rings (SSSR count). The van der Waals surface area contributed by atoms with Crippen LogP contribution in [0.2, 0.25) is 0 Å². The minimum atomic E-state index is -0.727. The number of rotatable bonds is 4. The van der Waals surface area contributed by atoms with Crippen LogP contribution in [0.15, 0.2) is 53.6 Å². The SMILES string of the molecule is C/C(=N\NC(=O)C1COc2ccccc2O1)c1ccc(N2CCOCC2)cc1. The summed E-state index contributed by atoms with van der Waals surface area (Å²) in [5.41, 5.74) is 5.41. The maximum absolute atomic E-state index is 12.4. The van der Waals surface area contributed by atoms with Gasteiger partial charge in [0.05, 0.1) is 18.9 Å². The van der Waals surface area contributed by atoms with E-state index in [0.29, 0.717) is 11.5 Å². The third kappa shape index (κ3) is 4.09. The normalized spacial score (nSPS) is 19.2. The Balaban J connectivity index is 1.36. The molecular formula is C21H23N3O4. The summed E-state index contributed by atoms with van der Waals surface area (Å²) in [5.74, 6) is 0.874. The zero-order valence-corrected chi connectivity index (χ0v) is 15.8. The lowest BCUT2D eigenvalue weighted by Crippen LogP contribution is -2.42. The number of anilines is 1. The van der Waals surface area contributed by atoms with Gasteiger partial charge >= 0.3 is 0 Å². The van der Waals surface area contributed by atoms with Crippen LogP contribution in [-0.4, -0.2) is 50.6 Å². The molecular weight excluding hydrogens is 358 g/mol. The Bertz CT molecular complexity index is 860. The highest BCUT2D eigenvalue weighted by Crippen LogP contribution is 2.30. The fraction of sp³-hybridized carbons (Fsp3) is 0.333. The molecule has 1 saturated heterocycles. The summed E-state index contributed by atoms with van der Waals surface area (Å²) < 4.78 is 16.7. The third-order valence-electron chi connectivity index (χ3n) is 4.80. The van der Waals surface area contributed by atoms with Crippen LogP contribution in [0.4, 0.5) is 5.69 Å². The molecule has 2 heterocycles. The van der Waals surface area contributed by atoms with Crippen molar-refractivity contribution in [3.8, 4) is 11.5 Å². The lowest BCUT2D eigenvalue weighted by Gasteiger charge is -2.28. The zero-order chi connectivity index (χ0) is 19.3. The third-order valence-corrected chi connectivity index (χ3v) is 4.80. The summed E-state index contributed by atoms with van der Waals surface area (Å²) in [6.45, 7) is 5.32. The quantitative estimate of drug-likeness (QED) is 0.649. The van der Waals surface area contributed by atoms with E-state index in [0.717, 1.165) is 43.3 Å². The first kappa shape index (κ1) is 18.3. The van der Waals surface area contributed by atoms with Crippen LogP contribution >= 0.6 is 0 Å². The zero-order valence-electron chi connectivity index (χ0n) is 15.8. The molecule has 1 fully saturated rings. The van der Waals surface area contributed by atoms with Crippen molar-refractivity contribution in [2.45, 2.75) is 13.0 Å². The van der Waals surface area contributed by atoms with E-state index < -0.39 is 6.10 Å². The molecule has 0 spiro atoms. The van der Waals surface area contributed by atoms with Crippen molar-refractivity contribution in [1.29, 1.82) is 0 Å². The molecule has 7 heteroatoms. The summed E-state index contributed by atoms with van der Waals surface area (Å²) in [5, 5.41) is 4.22. The lowest BCUT2D eigenvalue weighted by atomic mass is 10.1. The Morgan fingerprint density at radius 1 is 1.07 bits per heavy atom. The number of fused-ring (bicyclic) bond motifs is 1. The van der Waals surface area contributed by atoms with Gasteiger partial charge in [0.15, 0.2) is 11.5 Å². The van der Waals surface area contributed by atoms with Crippen LogP contribution in [0.25, 0.3) is 0 Å². The van der Waals surface area contributed by atoms with Crippen LogP contribution in [0.1, 0.15) is 12.5 Å². The number of carbonyl (C=O) groups excluding carboxylic acids is 1. The predicted molar refractivity (Wildman–Crippen MR) is 106 cm³/mol. The molecule has 1 amide bonds. The molecule has 0 aliphatic carbocycles. The van der Waals surface area contributed by atoms with Gasteiger partial charge in [-0.3, -0.25) is 4.79 Å². The van der Waals surface area contributed by atoms with Gasteiger partial charge in [0.2, 0.25) is 6.10 Å². The number of amides is 1. The summed E-state index contributed by atoms with van der Waals surface area (Å²) in [4.78, 5) is 14.7. The van der Waals surface area contributed by atoms with Crippen LogP contribution in [-0.2, 0) is 9.53 Å². The molecule has 0 bridgehead atoms. The summed E-state index contributed by atoms with van der Waals surface area (Å²) in [7, 11) is 0. The molecule has 2 aliphatic rings. The van der Waals surface area contributed by atoms with Crippen molar-refractivity contribution in [2.24, 2.45) is 5.10 Å². The van der Waals surface area contributed by atoms with E-state index in [-0.39, 0.29) is 12.5 Å². The van der Waals surface area contributed by atoms with E-state index >= 15 is 0 Å². The number of hydrazone groups is 1. The van der Waals surface area contributed by atoms with Crippen LogP contribution in [0, 0.1) is 0 Å². The molecule has 1 unspecified atom stereocenters. The van der Waals surface area contributed by atoms with Crippen LogP contribution in [0.5, 0.6) is 11.5 Å². The molecule has 0 saturated carbocycles. The number of carbonyl (C=O) groups is 1. The van der Waals surface area contributed by atoms with Crippen molar-refractivity contribution in [1.82, 2.24) is 5.43 Å². The highest BCUT2D eigenvalue weighted by molar-refractivity contribution is 5.99. The van der Waals surface area contributed by atoms with E-state index in [4.69, 9.17) is 14.2 Å². The maximum Gasteiger partial charge on any atom is 0.284 e. The van der Waals surface area contributed by atoms with Gasteiger partial charge in [-0.1, -0.05) is 24.3 Å². The van der Waals surface area contributed by atoms with Crippen molar-refractivity contribution < 1.29 is 19.0 Å². The Kier molecular flexibility index (Phi) is 5.43. The highest BCUT2D eigenvalue weighted by Gasteiger charge is 2.27. The predicted octanol–water partition coefficient (Wildman–Crippen LogP) is 2.20. The summed E-state index contributed by atoms with van der Waals surface area (Å²) in [6, 6.07) is 15.4. The fourth-order valence-electron chi connectivity index (χ4n) is 3.16. The molecule has 0 radical (unpaired) electrons. The number of hydrogen-bond acceptors (Lipinski definition) is 6. The average molecular weight is 381 g/mol. The van der Waals surface area contributed by atoms with E-state index in [2.05, 4.69) is 27.6 Å². The van der Waals surface area contributed by atoms with E-state index in [1.54, 1.807) is 6.07 Å². The van der Waals surface area contributed by atoms with Gasteiger partial charge in [-0.05, 0) is 36.8 Å². The van der Waals surface area contributed by atoms with Gasteiger partial charge < -0.3 is 19.1 Å². The minimum absolute atomic E-state index is 0.158. The van der Waals surface area contributed by atoms with Crippen LogP contribution < -0.4 is 19.8 Å². The van der Waals surface area contributed by atoms with Gasteiger partial charge in [-0.15, -0.1) is 0 Å². The topological polar surface area (TPSA) is 72.4 Å². The van der Waals surface area contributed by atoms with Gasteiger partial charge in [0.1, 0.15) is 6.61 Å². The summed E-state index contributed by atoms with van der Waals surface area (Å²) in [6.07, 6.45) is -0.727. The number of benzene rings is 2. The standard InChI is InChI=1S/C21H23N3O4/c1-15(16-6-8-17(9-7-16)24-10-12-26-13-11-24)22-23-21(25)20-14-27-18-4-2-3-5-19(18)28-20/h2-9,20H,10-14H2,1H3,(H,23,25)/b22-15+. The molecule has 2 aliphatic heterocycles. The molecule has 1 N–H and O–H groups in total. The second kappa shape index (κ2) is 8.31. The second-order valence-corrected chi connectivity index (χ2v) is 6.68. The van der Waals surface area contributed by atoms with Gasteiger partial charge in [0.25, 0.3) is 5.91 Å². The maximum atomic E-state index is 12.4. The molecule has 2 aromatic carbocycles. The molecule has 146 valence electrons.